The molecule has 0 aromatic carbocycles. The van der Waals surface area contributed by atoms with Crippen molar-refractivity contribution in [3.05, 3.63) is 0 Å². The number of carboxylic acids is 1. The summed E-state index contributed by atoms with van der Waals surface area (Å²) in [5.74, 6) is -1.78. The van der Waals surface area contributed by atoms with Gasteiger partial charge in [-0.15, -0.1) is 0 Å². The fourth-order valence-electron chi connectivity index (χ4n) is 0.584. The molecule has 0 aliphatic carbocycles. The Kier molecular flexibility index (Phi) is 4.21. The number of rotatable bonds is 4. The van der Waals surface area contributed by atoms with Gasteiger partial charge in [-0.1, -0.05) is 0 Å². The van der Waals surface area contributed by atoms with Crippen molar-refractivity contribution in [3.63, 3.8) is 0 Å². The van der Waals surface area contributed by atoms with Crippen LogP contribution in [0.2, 0.25) is 0 Å². The molecule has 0 spiro atoms. The molecular weight excluding hydrogens is 150 g/mol. The van der Waals surface area contributed by atoms with Crippen molar-refractivity contribution in [1.82, 2.24) is 0 Å². The normalized spacial score (nSPS) is 12.2. The summed E-state index contributed by atoms with van der Waals surface area (Å²) in [5, 5.41) is 9.94. The fourth-order valence-corrected chi connectivity index (χ4v) is 0.584. The van der Waals surface area contributed by atoms with Gasteiger partial charge in [0, 0.05) is 18.4 Å². The van der Waals surface area contributed by atoms with Gasteiger partial charge in [0.2, 0.25) is 0 Å². The van der Waals surface area contributed by atoms with Gasteiger partial charge in [-0.2, -0.15) is 0 Å². The third-order valence-electron chi connectivity index (χ3n) is 1.09. The monoisotopic (exact) mass is 160 g/mol. The maximum atomic E-state index is 10.5. The zero-order chi connectivity index (χ0) is 8.85. The molecule has 1 unspecified atom stereocenters. The van der Waals surface area contributed by atoms with E-state index in [1.54, 1.807) is 0 Å². The lowest BCUT2D eigenvalue weighted by Gasteiger charge is -2.09. The van der Waals surface area contributed by atoms with Crippen LogP contribution >= 0.6 is 0 Å². The van der Waals surface area contributed by atoms with Crippen LogP contribution in [-0.2, 0) is 14.3 Å². The molecule has 11 heavy (non-hydrogen) atoms. The first-order valence-corrected chi connectivity index (χ1v) is 3.08. The van der Waals surface area contributed by atoms with E-state index in [4.69, 9.17) is 5.73 Å². The molecule has 0 bridgehead atoms. The Morgan fingerprint density at radius 3 is 2.45 bits per heavy atom. The van der Waals surface area contributed by atoms with Crippen LogP contribution in [0.5, 0.6) is 0 Å². The summed E-state index contributed by atoms with van der Waals surface area (Å²) in [7, 11) is 1.22. The molecule has 0 saturated heterocycles. The van der Waals surface area contributed by atoms with E-state index < -0.39 is 18.0 Å². The highest BCUT2D eigenvalue weighted by Crippen LogP contribution is 1.94. The first kappa shape index (κ1) is 9.90. The van der Waals surface area contributed by atoms with Crippen LogP contribution in [0.1, 0.15) is 12.8 Å². The lowest BCUT2D eigenvalue weighted by Crippen LogP contribution is -2.33. The van der Waals surface area contributed by atoms with E-state index in [1.165, 1.54) is 7.11 Å². The second-order valence-corrected chi connectivity index (χ2v) is 2.12. The number of hydrogen-bond donors (Lipinski definition) is 1. The number of nitrogens with two attached hydrogens (primary N) is 1. The molecule has 0 heterocycles. The molecule has 0 amide bonds. The Hall–Kier alpha value is -1.10. The van der Waals surface area contributed by atoms with E-state index in [1.807, 2.05) is 0 Å². The van der Waals surface area contributed by atoms with Crippen LogP contribution in [-0.4, -0.2) is 25.1 Å². The Bertz CT molecular complexity index is 157. The molecule has 64 valence electrons. The number of carboxylic acid groups (broad SMARTS) is 1. The van der Waals surface area contributed by atoms with Crippen LogP contribution in [0.25, 0.3) is 0 Å². The van der Waals surface area contributed by atoms with Crippen molar-refractivity contribution in [2.24, 2.45) is 5.73 Å². The van der Waals surface area contributed by atoms with Crippen LogP contribution in [0.15, 0.2) is 0 Å². The number of carbonyl (C=O) groups is 2. The number of aliphatic carboxylic acids is 1. The highest BCUT2D eigenvalue weighted by atomic mass is 16.5. The average Bonchev–Trinajstić information content (AvgIpc) is 1.85. The summed E-state index contributed by atoms with van der Waals surface area (Å²) in [6.45, 7) is 0. The molecule has 0 aromatic heterocycles. The van der Waals surface area contributed by atoms with Gasteiger partial charge in [0.25, 0.3) is 0 Å². The predicted molar refractivity (Wildman–Crippen MR) is 34.2 cm³/mol. The largest absolute Gasteiger partial charge is 0.550 e. The molecule has 0 saturated carbocycles. The van der Waals surface area contributed by atoms with E-state index >= 15 is 0 Å². The SMILES string of the molecule is COC(=O)CC(N)CC(=O)[O-]. The summed E-state index contributed by atoms with van der Waals surface area (Å²) in [6, 6.07) is -0.715. The van der Waals surface area contributed by atoms with Crippen molar-refractivity contribution in [1.29, 1.82) is 0 Å². The summed E-state index contributed by atoms with van der Waals surface area (Å²) in [6.07, 6.45) is -0.417. The number of methoxy groups -OCH3 is 1. The number of hydrogen-bond acceptors (Lipinski definition) is 5. The Morgan fingerprint density at radius 2 is 2.09 bits per heavy atom. The lowest BCUT2D eigenvalue weighted by atomic mass is 10.1. The van der Waals surface area contributed by atoms with Crippen LogP contribution in [0.4, 0.5) is 0 Å². The van der Waals surface area contributed by atoms with E-state index in [2.05, 4.69) is 4.74 Å². The Balaban J connectivity index is 3.60. The summed E-state index contributed by atoms with van der Waals surface area (Å²) in [4.78, 5) is 20.4. The summed E-state index contributed by atoms with van der Waals surface area (Å²) < 4.78 is 4.27. The van der Waals surface area contributed by atoms with E-state index in [0.29, 0.717) is 0 Å². The van der Waals surface area contributed by atoms with E-state index in [0.717, 1.165) is 0 Å². The highest BCUT2D eigenvalue weighted by Gasteiger charge is 2.08. The molecule has 0 rings (SSSR count). The minimum absolute atomic E-state index is 0.0928. The molecule has 5 nitrogen and oxygen atoms in total. The third kappa shape index (κ3) is 5.35. The average molecular weight is 160 g/mol. The quantitative estimate of drug-likeness (QED) is 0.481. The standard InChI is InChI=1S/C6H11NO4/c1-11-6(10)3-4(7)2-5(8)9/h4H,2-3,7H2,1H3,(H,8,9)/p-1. The van der Waals surface area contributed by atoms with Gasteiger partial charge < -0.3 is 20.4 Å². The molecule has 2 N–H and O–H groups in total. The zero-order valence-corrected chi connectivity index (χ0v) is 6.20. The lowest BCUT2D eigenvalue weighted by molar-refractivity contribution is -0.306. The van der Waals surface area contributed by atoms with Crippen LogP contribution in [0.3, 0.4) is 0 Å². The molecule has 0 fully saturated rings. The first-order valence-electron chi connectivity index (χ1n) is 3.08. The molecule has 0 aliphatic heterocycles. The first-order chi connectivity index (χ1) is 5.06. The predicted octanol–water partition coefficient (Wildman–Crippen LogP) is -1.98. The Morgan fingerprint density at radius 1 is 1.55 bits per heavy atom. The molecule has 5 heteroatoms. The zero-order valence-electron chi connectivity index (χ0n) is 6.20. The Labute approximate surface area is 64.1 Å². The van der Waals surface area contributed by atoms with E-state index in [9.17, 15) is 14.7 Å². The van der Waals surface area contributed by atoms with Gasteiger partial charge in [0.05, 0.1) is 13.5 Å². The van der Waals surface area contributed by atoms with Gasteiger partial charge in [-0.05, 0) is 0 Å². The van der Waals surface area contributed by atoms with Crippen molar-refractivity contribution in [3.8, 4) is 0 Å². The second kappa shape index (κ2) is 4.68. The minimum atomic E-state index is -1.26. The van der Waals surface area contributed by atoms with Crippen molar-refractivity contribution in [2.75, 3.05) is 7.11 Å². The molecule has 0 radical (unpaired) electrons. The molecule has 0 aromatic rings. The van der Waals surface area contributed by atoms with Crippen molar-refractivity contribution in [2.45, 2.75) is 18.9 Å². The summed E-state index contributed by atoms with van der Waals surface area (Å²) in [5.41, 5.74) is 5.23. The van der Waals surface area contributed by atoms with Gasteiger partial charge in [-0.3, -0.25) is 4.79 Å². The topological polar surface area (TPSA) is 92.5 Å². The van der Waals surface area contributed by atoms with Crippen molar-refractivity contribution < 1.29 is 19.4 Å². The van der Waals surface area contributed by atoms with Crippen LogP contribution < -0.4 is 10.8 Å². The van der Waals surface area contributed by atoms with Crippen LogP contribution in [0, 0.1) is 0 Å². The van der Waals surface area contributed by atoms with Gasteiger partial charge in [0.15, 0.2) is 0 Å². The number of ether oxygens (including phenoxy) is 1. The maximum Gasteiger partial charge on any atom is 0.307 e. The second-order valence-electron chi connectivity index (χ2n) is 2.12. The number of esters is 1. The van der Waals surface area contributed by atoms with Crippen molar-refractivity contribution >= 4 is 11.9 Å². The number of carbonyl (C=O) groups excluding carboxylic acids is 2. The molecule has 0 aliphatic rings. The highest BCUT2D eigenvalue weighted by molar-refractivity contribution is 5.72. The van der Waals surface area contributed by atoms with Gasteiger partial charge in [0.1, 0.15) is 0 Å². The van der Waals surface area contributed by atoms with Gasteiger partial charge in [-0.25, -0.2) is 0 Å². The fraction of sp³-hybridized carbons (Fsp3) is 0.667. The minimum Gasteiger partial charge on any atom is -0.550 e. The summed E-state index contributed by atoms with van der Waals surface area (Å²) >= 11 is 0. The molecule has 1 atom stereocenters. The third-order valence-corrected chi connectivity index (χ3v) is 1.09. The smallest absolute Gasteiger partial charge is 0.307 e. The van der Waals surface area contributed by atoms with Gasteiger partial charge >= 0.3 is 5.97 Å². The van der Waals surface area contributed by atoms with E-state index in [-0.39, 0.29) is 12.8 Å². The maximum absolute atomic E-state index is 10.5. The molecular formula is C6H10NO4-.